The number of carbonyl (C=O) groups is 3. The third-order valence-corrected chi connectivity index (χ3v) is 6.48. The average Bonchev–Trinajstić information content (AvgIpc) is 2.88. The van der Waals surface area contributed by atoms with E-state index in [1.807, 2.05) is 26.6 Å². The Kier molecular flexibility index (Phi) is 5.41. The van der Waals surface area contributed by atoms with Crippen molar-refractivity contribution in [3.05, 3.63) is 23.9 Å². The molecular formula is C19H28N2O6Si. The number of likely N-dealkylation sites (tertiary alicyclic amines) is 1. The molecule has 2 amide bonds. The van der Waals surface area contributed by atoms with Gasteiger partial charge in [-0.05, 0) is 45.0 Å². The highest BCUT2D eigenvalue weighted by Gasteiger charge is 2.64. The number of hydrogen-bond acceptors (Lipinski definition) is 5. The zero-order valence-electron chi connectivity index (χ0n) is 16.8. The van der Waals surface area contributed by atoms with E-state index in [2.05, 4.69) is 6.58 Å². The molecule has 9 heteroatoms. The monoisotopic (exact) mass is 408 g/mol. The van der Waals surface area contributed by atoms with Crippen molar-refractivity contribution >= 4 is 26.3 Å². The summed E-state index contributed by atoms with van der Waals surface area (Å²) in [5.74, 6) is -1.85. The Hall–Kier alpha value is -2.13. The first-order chi connectivity index (χ1) is 13.1. The molecule has 0 aromatic rings. The fourth-order valence-corrected chi connectivity index (χ4v) is 5.88. The van der Waals surface area contributed by atoms with E-state index in [0.717, 1.165) is 0 Å². The molecule has 3 aliphatic heterocycles. The molecule has 0 radical (unpaired) electrons. The maximum absolute atomic E-state index is 12.9. The number of rotatable bonds is 6. The minimum atomic E-state index is -1.89. The van der Waals surface area contributed by atoms with Crippen LogP contribution in [-0.2, 0) is 18.8 Å². The fourth-order valence-electron chi connectivity index (χ4n) is 4.62. The number of aliphatic carboxylic acids is 1. The zero-order valence-corrected chi connectivity index (χ0v) is 17.8. The number of nitrogens with zero attached hydrogens (tertiary/aromatic N) is 2. The van der Waals surface area contributed by atoms with E-state index < -0.39 is 38.4 Å². The van der Waals surface area contributed by atoms with Crippen molar-refractivity contribution in [1.82, 2.24) is 9.80 Å². The van der Waals surface area contributed by atoms with Crippen LogP contribution in [0.1, 0.15) is 19.8 Å². The minimum Gasteiger partial charge on any atom is -0.477 e. The first kappa shape index (κ1) is 20.6. The predicted octanol–water partition coefficient (Wildman–Crippen LogP) is 2.19. The molecule has 3 aliphatic rings. The van der Waals surface area contributed by atoms with Gasteiger partial charge in [0, 0.05) is 6.54 Å². The highest BCUT2D eigenvalue weighted by Crippen LogP contribution is 2.49. The van der Waals surface area contributed by atoms with Gasteiger partial charge in [-0.1, -0.05) is 12.7 Å². The second kappa shape index (κ2) is 7.36. The van der Waals surface area contributed by atoms with Crippen LogP contribution >= 0.6 is 0 Å². The summed E-state index contributed by atoms with van der Waals surface area (Å²) in [7, 11) is -1.89. The second-order valence-corrected chi connectivity index (χ2v) is 12.9. The van der Waals surface area contributed by atoms with Gasteiger partial charge in [-0.25, -0.2) is 9.59 Å². The lowest BCUT2D eigenvalue weighted by molar-refractivity contribution is -0.163. The van der Waals surface area contributed by atoms with Crippen LogP contribution in [0.3, 0.4) is 0 Å². The number of carbonyl (C=O) groups excluding carboxylic acids is 2. The van der Waals surface area contributed by atoms with Gasteiger partial charge in [0.15, 0.2) is 8.32 Å². The van der Waals surface area contributed by atoms with Crippen molar-refractivity contribution in [2.45, 2.75) is 57.6 Å². The quantitative estimate of drug-likeness (QED) is 0.411. The van der Waals surface area contributed by atoms with E-state index in [-0.39, 0.29) is 24.3 Å². The molecule has 2 fully saturated rings. The van der Waals surface area contributed by atoms with Crippen molar-refractivity contribution in [3.63, 3.8) is 0 Å². The van der Waals surface area contributed by atoms with E-state index >= 15 is 0 Å². The van der Waals surface area contributed by atoms with Crippen molar-refractivity contribution < 1.29 is 28.7 Å². The maximum atomic E-state index is 12.9. The molecule has 1 N–H and O–H groups in total. The number of amides is 2. The Balaban J connectivity index is 1.94. The van der Waals surface area contributed by atoms with Crippen LogP contribution in [0, 0.1) is 5.92 Å². The number of fused-ring (bicyclic) bond motifs is 3. The third-order valence-electron chi connectivity index (χ3n) is 5.40. The van der Waals surface area contributed by atoms with Crippen LogP contribution in [0.15, 0.2) is 23.9 Å². The van der Waals surface area contributed by atoms with Crippen LogP contribution in [0.25, 0.3) is 0 Å². The van der Waals surface area contributed by atoms with Gasteiger partial charge in [0.25, 0.3) is 0 Å². The second-order valence-electron chi connectivity index (χ2n) is 8.45. The molecular weight excluding hydrogens is 380 g/mol. The van der Waals surface area contributed by atoms with Gasteiger partial charge in [0.1, 0.15) is 12.3 Å². The number of piperidine rings is 1. The van der Waals surface area contributed by atoms with Crippen LogP contribution in [0.4, 0.5) is 4.79 Å². The van der Waals surface area contributed by atoms with Gasteiger partial charge in [-0.3, -0.25) is 14.6 Å². The van der Waals surface area contributed by atoms with Crippen molar-refractivity contribution in [2.75, 3.05) is 13.2 Å². The molecule has 0 aromatic carbocycles. The molecule has 2 saturated heterocycles. The van der Waals surface area contributed by atoms with Gasteiger partial charge < -0.3 is 14.3 Å². The first-order valence-corrected chi connectivity index (χ1v) is 13.0. The number of carboxylic acid groups (broad SMARTS) is 1. The lowest BCUT2D eigenvalue weighted by atomic mass is 9.78. The number of hydrogen-bond donors (Lipinski definition) is 1. The third kappa shape index (κ3) is 3.37. The summed E-state index contributed by atoms with van der Waals surface area (Å²) in [6.07, 6.45) is 1.82. The van der Waals surface area contributed by atoms with Crippen LogP contribution in [-0.4, -0.2) is 72.5 Å². The lowest BCUT2D eigenvalue weighted by Crippen LogP contribution is -2.69. The summed E-state index contributed by atoms with van der Waals surface area (Å²) in [4.78, 5) is 40.3. The summed E-state index contributed by atoms with van der Waals surface area (Å²) in [5, 5.41) is 9.75. The molecule has 3 heterocycles. The molecule has 0 spiro atoms. The fraction of sp³-hybridized carbons (Fsp3) is 0.632. The number of ether oxygens (including phenoxy) is 1. The smallest absolute Gasteiger partial charge is 0.410 e. The standard InChI is InChI=1S/C19H28N2O6Si/c1-6-10-26-19(25)20-9-7-8-12-14(20)16-13(11(2)27-28(3,4)5)17(22)21(16)15(12)18(23)24/h6,11,13-14,16H,1,7-10H2,2-5H3,(H,23,24)/t11-,13-,14-,16+/m1/s1. The molecule has 154 valence electrons. The van der Waals surface area contributed by atoms with Crippen molar-refractivity contribution in [1.29, 1.82) is 0 Å². The number of carboxylic acids is 1. The van der Waals surface area contributed by atoms with Gasteiger partial charge in [-0.15, -0.1) is 0 Å². The van der Waals surface area contributed by atoms with Gasteiger partial charge >= 0.3 is 12.1 Å². The molecule has 0 saturated carbocycles. The Bertz CT molecular complexity index is 743. The summed E-state index contributed by atoms with van der Waals surface area (Å²) in [6.45, 7) is 12.1. The van der Waals surface area contributed by atoms with E-state index in [9.17, 15) is 19.5 Å². The predicted molar refractivity (Wildman–Crippen MR) is 104 cm³/mol. The first-order valence-electron chi connectivity index (χ1n) is 9.60. The Morgan fingerprint density at radius 2 is 2.07 bits per heavy atom. The Morgan fingerprint density at radius 1 is 1.39 bits per heavy atom. The number of β-lactam (4-membered cyclic amide) rings is 1. The van der Waals surface area contributed by atoms with Crippen LogP contribution < -0.4 is 0 Å². The maximum Gasteiger partial charge on any atom is 0.410 e. The lowest BCUT2D eigenvalue weighted by Gasteiger charge is -2.51. The van der Waals surface area contributed by atoms with E-state index in [0.29, 0.717) is 25.0 Å². The molecule has 4 atom stereocenters. The normalized spacial score (nSPS) is 27.7. The minimum absolute atomic E-state index is 0.0256. The molecule has 0 bridgehead atoms. The van der Waals surface area contributed by atoms with Gasteiger partial charge in [-0.2, -0.15) is 0 Å². The summed E-state index contributed by atoms with van der Waals surface area (Å²) < 4.78 is 11.4. The topological polar surface area (TPSA) is 96.4 Å². The SMILES string of the molecule is C=CCOC(=O)N1CCCC2=C(C(=O)O)N3C(=O)[C@H]([C@@H](C)O[Si](C)(C)C)[C@H]3[C@@H]21. The van der Waals surface area contributed by atoms with E-state index in [1.165, 1.54) is 11.0 Å². The Morgan fingerprint density at radius 3 is 2.64 bits per heavy atom. The van der Waals surface area contributed by atoms with E-state index in [4.69, 9.17) is 9.16 Å². The molecule has 28 heavy (non-hydrogen) atoms. The zero-order chi connectivity index (χ0) is 20.8. The molecule has 0 aromatic heterocycles. The molecule has 0 unspecified atom stereocenters. The largest absolute Gasteiger partial charge is 0.477 e. The average molecular weight is 409 g/mol. The Labute approximate surface area is 165 Å². The molecule has 0 aliphatic carbocycles. The summed E-state index contributed by atoms with van der Waals surface area (Å²) in [5.41, 5.74) is 0.660. The van der Waals surface area contributed by atoms with Gasteiger partial charge in [0.05, 0.1) is 24.1 Å². The van der Waals surface area contributed by atoms with Gasteiger partial charge in [0.2, 0.25) is 5.91 Å². The highest BCUT2D eigenvalue weighted by atomic mass is 28.4. The van der Waals surface area contributed by atoms with Crippen LogP contribution in [0.5, 0.6) is 0 Å². The van der Waals surface area contributed by atoms with Crippen molar-refractivity contribution in [3.8, 4) is 0 Å². The van der Waals surface area contributed by atoms with E-state index in [1.54, 1.807) is 4.90 Å². The molecule has 8 nitrogen and oxygen atoms in total. The molecule has 3 rings (SSSR count). The summed E-state index contributed by atoms with van der Waals surface area (Å²) in [6, 6.07) is -0.899. The van der Waals surface area contributed by atoms with Crippen molar-refractivity contribution in [2.24, 2.45) is 5.92 Å². The summed E-state index contributed by atoms with van der Waals surface area (Å²) >= 11 is 0. The van der Waals surface area contributed by atoms with Crippen LogP contribution in [0.2, 0.25) is 19.6 Å². The highest BCUT2D eigenvalue weighted by molar-refractivity contribution is 6.69.